The van der Waals surface area contributed by atoms with Gasteiger partial charge in [0.1, 0.15) is 5.84 Å². The number of hydrogen-bond acceptors (Lipinski definition) is 2. The van der Waals surface area contributed by atoms with Gasteiger partial charge in [-0.15, -0.1) is 0 Å². The second kappa shape index (κ2) is 3.01. The highest BCUT2D eigenvalue weighted by molar-refractivity contribution is 6.20. The summed E-state index contributed by atoms with van der Waals surface area (Å²) < 4.78 is 0. The van der Waals surface area contributed by atoms with Gasteiger partial charge in [0.05, 0.1) is 5.56 Å². The molecule has 0 atom stereocenters. The fourth-order valence-corrected chi connectivity index (χ4v) is 1.40. The zero-order chi connectivity index (χ0) is 9.26. The van der Waals surface area contributed by atoms with Crippen LogP contribution in [0.5, 0.6) is 0 Å². The van der Waals surface area contributed by atoms with Gasteiger partial charge in [-0.1, -0.05) is 18.2 Å². The molecular weight excluding hydrogens is 164 g/mol. The average Bonchev–Trinajstić information content (AvgIpc) is 2.46. The second-order valence-electron chi connectivity index (χ2n) is 2.84. The van der Waals surface area contributed by atoms with Crippen LogP contribution >= 0.6 is 0 Å². The maximum Gasteiger partial charge on any atom is 0.279 e. The molecule has 0 aliphatic carbocycles. The fraction of sp³-hybridized carbons (Fsp3) is 0.200. The number of fused-ring (bicyclic) bond motifs is 1. The highest BCUT2D eigenvalue weighted by Gasteiger charge is 2.21. The van der Waals surface area contributed by atoms with Gasteiger partial charge in [0.2, 0.25) is 0 Å². The van der Waals surface area contributed by atoms with Gasteiger partial charge in [-0.25, -0.2) is 0 Å². The normalized spacial score (nSPS) is 13.9. The van der Waals surface area contributed by atoms with E-state index in [2.05, 4.69) is 10.3 Å². The molecule has 3 nitrogen and oxygen atoms in total. The third-order valence-electron chi connectivity index (χ3n) is 1.97. The Morgan fingerprint density at radius 3 is 2.69 bits per heavy atom. The van der Waals surface area contributed by atoms with Gasteiger partial charge in [0.15, 0.2) is 0 Å². The minimum Gasteiger partial charge on any atom is -0.370 e. The minimum atomic E-state index is -0.147. The van der Waals surface area contributed by atoms with Crippen LogP contribution in [0, 0.1) is 0 Å². The number of rotatable bonds is 1. The van der Waals surface area contributed by atoms with E-state index in [1.807, 2.05) is 25.1 Å². The largest absolute Gasteiger partial charge is 0.370 e. The van der Waals surface area contributed by atoms with E-state index in [0.717, 1.165) is 12.1 Å². The Morgan fingerprint density at radius 1 is 1.31 bits per heavy atom. The van der Waals surface area contributed by atoms with Crippen molar-refractivity contribution >= 4 is 11.7 Å². The summed E-state index contributed by atoms with van der Waals surface area (Å²) in [5.41, 5.74) is 1.60. The van der Waals surface area contributed by atoms with Gasteiger partial charge in [-0.05, 0) is 13.0 Å². The van der Waals surface area contributed by atoms with Crippen molar-refractivity contribution in [3.63, 3.8) is 0 Å². The van der Waals surface area contributed by atoms with Gasteiger partial charge < -0.3 is 5.32 Å². The summed E-state index contributed by atoms with van der Waals surface area (Å²) >= 11 is 0. The maximum absolute atomic E-state index is 11.3. The number of carbonyl (C=O) groups is 1. The van der Waals surface area contributed by atoms with E-state index < -0.39 is 0 Å². The molecule has 0 saturated heterocycles. The van der Waals surface area contributed by atoms with Crippen LogP contribution in [0.1, 0.15) is 22.8 Å². The summed E-state index contributed by atoms with van der Waals surface area (Å²) in [6.45, 7) is 2.76. The number of aliphatic imine (C=N–C) groups is 1. The van der Waals surface area contributed by atoms with Crippen molar-refractivity contribution in [3.05, 3.63) is 35.4 Å². The molecule has 13 heavy (non-hydrogen) atoms. The highest BCUT2D eigenvalue weighted by Crippen LogP contribution is 2.16. The summed E-state index contributed by atoms with van der Waals surface area (Å²) in [6, 6.07) is 7.46. The molecule has 1 amide bonds. The topological polar surface area (TPSA) is 41.5 Å². The summed E-state index contributed by atoms with van der Waals surface area (Å²) in [4.78, 5) is 15.2. The molecule has 1 N–H and O–H groups in total. The molecule has 0 aromatic heterocycles. The van der Waals surface area contributed by atoms with E-state index in [1.165, 1.54) is 0 Å². The van der Waals surface area contributed by atoms with Crippen LogP contribution < -0.4 is 5.32 Å². The molecule has 0 unspecified atom stereocenters. The quantitative estimate of drug-likeness (QED) is 0.695. The molecule has 0 spiro atoms. The lowest BCUT2D eigenvalue weighted by Crippen LogP contribution is -2.22. The van der Waals surface area contributed by atoms with Crippen LogP contribution in [0.2, 0.25) is 0 Å². The standard InChI is InChI=1S/C10H10N2O/c1-2-11-9-7-5-3-4-6-8(7)10(13)12-9/h3-6H,2H2,1H3,(H,11,12,13). The van der Waals surface area contributed by atoms with Crippen LogP contribution in [-0.4, -0.2) is 18.3 Å². The molecule has 0 saturated carbocycles. The van der Waals surface area contributed by atoms with Crippen molar-refractivity contribution in [2.45, 2.75) is 6.92 Å². The Morgan fingerprint density at radius 2 is 2.00 bits per heavy atom. The van der Waals surface area contributed by atoms with Gasteiger partial charge in [-0.3, -0.25) is 4.79 Å². The molecule has 0 radical (unpaired) electrons. The van der Waals surface area contributed by atoms with Crippen molar-refractivity contribution in [1.82, 2.24) is 5.32 Å². The number of amidine groups is 1. The predicted octanol–water partition coefficient (Wildman–Crippen LogP) is 1.20. The lowest BCUT2D eigenvalue weighted by atomic mass is 10.1. The first-order valence-electron chi connectivity index (χ1n) is 4.29. The van der Waals surface area contributed by atoms with E-state index >= 15 is 0 Å². The molecule has 0 bridgehead atoms. The van der Waals surface area contributed by atoms with Crippen molar-refractivity contribution < 1.29 is 4.79 Å². The Kier molecular flexibility index (Phi) is 1.85. The number of benzene rings is 1. The van der Waals surface area contributed by atoms with Gasteiger partial charge in [-0.2, -0.15) is 4.99 Å². The minimum absolute atomic E-state index is 0.147. The number of nitrogens with zero attached hydrogens (tertiary/aromatic N) is 1. The lowest BCUT2D eigenvalue weighted by molar-refractivity contribution is 0.101. The zero-order valence-electron chi connectivity index (χ0n) is 7.37. The third kappa shape index (κ3) is 1.22. The molecular formula is C10H10N2O. The molecule has 1 aliphatic heterocycles. The maximum atomic E-state index is 11.3. The first-order chi connectivity index (χ1) is 6.33. The van der Waals surface area contributed by atoms with Crippen molar-refractivity contribution in [3.8, 4) is 0 Å². The van der Waals surface area contributed by atoms with E-state index in [1.54, 1.807) is 6.07 Å². The Bertz CT molecular complexity index is 382. The highest BCUT2D eigenvalue weighted by atomic mass is 16.1. The van der Waals surface area contributed by atoms with Crippen molar-refractivity contribution in [1.29, 1.82) is 0 Å². The Labute approximate surface area is 76.5 Å². The Hall–Kier alpha value is -1.64. The summed E-state index contributed by atoms with van der Waals surface area (Å²) in [7, 11) is 0. The zero-order valence-corrected chi connectivity index (χ0v) is 7.37. The number of hydrogen-bond donors (Lipinski definition) is 1. The third-order valence-corrected chi connectivity index (χ3v) is 1.97. The summed E-state index contributed by atoms with van der Waals surface area (Å²) in [5.74, 6) is 0.551. The van der Waals surface area contributed by atoms with Crippen LogP contribution in [0.15, 0.2) is 29.3 Å². The molecule has 66 valence electrons. The first-order valence-corrected chi connectivity index (χ1v) is 4.29. The van der Waals surface area contributed by atoms with Gasteiger partial charge in [0.25, 0.3) is 5.91 Å². The van der Waals surface area contributed by atoms with Gasteiger partial charge in [0, 0.05) is 12.1 Å². The SMILES string of the molecule is CCNC1=NC(=O)c2ccccc21. The smallest absolute Gasteiger partial charge is 0.279 e. The molecule has 3 heteroatoms. The average molecular weight is 174 g/mol. The second-order valence-corrected chi connectivity index (χ2v) is 2.84. The molecule has 1 aromatic rings. The molecule has 0 fully saturated rings. The van der Waals surface area contributed by atoms with Gasteiger partial charge >= 0.3 is 0 Å². The molecule has 1 aliphatic rings. The lowest BCUT2D eigenvalue weighted by Gasteiger charge is -2.02. The van der Waals surface area contributed by atoms with Crippen LogP contribution in [0.4, 0.5) is 0 Å². The van der Waals surface area contributed by atoms with Crippen molar-refractivity contribution in [2.75, 3.05) is 6.54 Å². The molecule has 1 aromatic carbocycles. The summed E-state index contributed by atoms with van der Waals surface area (Å²) in [6.07, 6.45) is 0. The fourth-order valence-electron chi connectivity index (χ4n) is 1.40. The monoisotopic (exact) mass is 174 g/mol. The van der Waals surface area contributed by atoms with E-state index in [9.17, 15) is 4.79 Å². The Balaban J connectivity index is 2.45. The molecule has 1 heterocycles. The van der Waals surface area contributed by atoms with Crippen LogP contribution in [0.3, 0.4) is 0 Å². The molecule has 2 rings (SSSR count). The van der Waals surface area contributed by atoms with E-state index in [0.29, 0.717) is 11.4 Å². The first kappa shape index (κ1) is 7.98. The number of carbonyl (C=O) groups excluding carboxylic acids is 1. The van der Waals surface area contributed by atoms with E-state index in [-0.39, 0.29) is 5.91 Å². The number of nitrogens with one attached hydrogen (secondary N) is 1. The van der Waals surface area contributed by atoms with Crippen LogP contribution in [0.25, 0.3) is 0 Å². The summed E-state index contributed by atoms with van der Waals surface area (Å²) in [5, 5.41) is 3.06. The number of amides is 1. The van der Waals surface area contributed by atoms with Crippen LogP contribution in [-0.2, 0) is 0 Å². The van der Waals surface area contributed by atoms with Crippen molar-refractivity contribution in [2.24, 2.45) is 4.99 Å². The predicted molar refractivity (Wildman–Crippen MR) is 51.0 cm³/mol. The van der Waals surface area contributed by atoms with E-state index in [4.69, 9.17) is 0 Å².